The maximum atomic E-state index is 12.7. The zero-order valence-electron chi connectivity index (χ0n) is 17.5. The monoisotopic (exact) mass is 378 g/mol. The van der Waals surface area contributed by atoms with Gasteiger partial charge in [-0.1, -0.05) is 26.0 Å². The van der Waals surface area contributed by atoms with Gasteiger partial charge in [0.2, 0.25) is 11.8 Å². The average Bonchev–Trinajstić information content (AvgIpc) is 2.64. The zero-order valence-corrected chi connectivity index (χ0v) is 17.5. The van der Waals surface area contributed by atoms with Crippen molar-refractivity contribution in [3.8, 4) is 5.75 Å². The van der Waals surface area contributed by atoms with Crippen LogP contribution in [-0.4, -0.2) is 49.1 Å². The predicted octanol–water partition coefficient (Wildman–Crippen LogP) is 3.00. The van der Waals surface area contributed by atoms with E-state index >= 15 is 0 Å². The first-order valence-electron chi connectivity index (χ1n) is 9.59. The van der Waals surface area contributed by atoms with Crippen molar-refractivity contribution in [1.29, 1.82) is 0 Å². The molecule has 152 valence electrons. The Morgan fingerprint density at radius 3 is 2.22 bits per heavy atom. The van der Waals surface area contributed by atoms with Crippen molar-refractivity contribution in [2.75, 3.05) is 20.3 Å². The summed E-state index contributed by atoms with van der Waals surface area (Å²) < 4.78 is 10.6. The van der Waals surface area contributed by atoms with Crippen molar-refractivity contribution in [3.63, 3.8) is 0 Å². The third kappa shape index (κ3) is 7.99. The molecule has 0 aliphatic carbocycles. The predicted molar refractivity (Wildman–Crippen MR) is 107 cm³/mol. The number of amides is 2. The summed E-state index contributed by atoms with van der Waals surface area (Å²) in [7, 11) is 1.61. The number of nitrogens with one attached hydrogen (secondary N) is 1. The second-order valence-electron chi connectivity index (χ2n) is 7.21. The van der Waals surface area contributed by atoms with E-state index in [2.05, 4.69) is 5.32 Å². The van der Waals surface area contributed by atoms with Crippen LogP contribution in [0.15, 0.2) is 24.3 Å². The number of hydrogen-bond acceptors (Lipinski definition) is 4. The molecule has 0 spiro atoms. The van der Waals surface area contributed by atoms with E-state index in [1.54, 1.807) is 18.9 Å². The Morgan fingerprint density at radius 1 is 1.07 bits per heavy atom. The van der Waals surface area contributed by atoms with Crippen LogP contribution in [0.3, 0.4) is 0 Å². The topological polar surface area (TPSA) is 67.9 Å². The van der Waals surface area contributed by atoms with Gasteiger partial charge in [-0.3, -0.25) is 9.59 Å². The Bertz CT molecular complexity index is 584. The van der Waals surface area contributed by atoms with E-state index in [0.717, 1.165) is 17.7 Å². The lowest BCUT2D eigenvalue weighted by Gasteiger charge is -2.30. The number of methoxy groups -OCH3 is 1. The fraction of sp³-hybridized carbons (Fsp3) is 0.619. The van der Waals surface area contributed by atoms with E-state index in [4.69, 9.17) is 9.47 Å². The van der Waals surface area contributed by atoms with Crippen LogP contribution in [0.1, 0.15) is 46.6 Å². The van der Waals surface area contributed by atoms with Gasteiger partial charge in [0.1, 0.15) is 11.8 Å². The van der Waals surface area contributed by atoms with Gasteiger partial charge in [-0.2, -0.15) is 0 Å². The highest BCUT2D eigenvalue weighted by Gasteiger charge is 2.27. The van der Waals surface area contributed by atoms with Crippen LogP contribution in [-0.2, 0) is 20.9 Å². The van der Waals surface area contributed by atoms with Crippen LogP contribution in [0.5, 0.6) is 5.75 Å². The van der Waals surface area contributed by atoms with Gasteiger partial charge in [0.25, 0.3) is 0 Å². The number of rotatable bonds is 11. The molecule has 0 radical (unpaired) electrons. The van der Waals surface area contributed by atoms with Crippen molar-refractivity contribution in [2.45, 2.75) is 59.7 Å². The van der Waals surface area contributed by atoms with E-state index in [1.807, 2.05) is 52.0 Å². The largest absolute Gasteiger partial charge is 0.497 e. The maximum absolute atomic E-state index is 12.7. The molecule has 6 heteroatoms. The minimum Gasteiger partial charge on any atom is -0.497 e. The summed E-state index contributed by atoms with van der Waals surface area (Å²) in [4.78, 5) is 26.8. The molecule has 6 nitrogen and oxygen atoms in total. The molecule has 1 aromatic rings. The van der Waals surface area contributed by atoms with Gasteiger partial charge in [-0.05, 0) is 44.9 Å². The number of benzene rings is 1. The number of carbonyl (C=O) groups excluding carboxylic acids is 2. The minimum atomic E-state index is -0.548. The van der Waals surface area contributed by atoms with E-state index < -0.39 is 6.04 Å². The standard InChI is InChI=1S/C21H34N2O4/c1-15(2)21(25)23(14-18-8-10-19(26-6)11-9-18)17(5)20(24)22-12-7-13-27-16(3)4/h8-11,15-17H,7,12-14H2,1-6H3,(H,22,24). The van der Waals surface area contributed by atoms with Crippen LogP contribution in [0.25, 0.3) is 0 Å². The van der Waals surface area contributed by atoms with Crippen LogP contribution in [0, 0.1) is 5.92 Å². The minimum absolute atomic E-state index is 0.0448. The summed E-state index contributed by atoms with van der Waals surface area (Å²) >= 11 is 0. The summed E-state index contributed by atoms with van der Waals surface area (Å²) in [5.74, 6) is 0.381. The molecule has 0 heterocycles. The zero-order chi connectivity index (χ0) is 20.4. The molecule has 27 heavy (non-hydrogen) atoms. The maximum Gasteiger partial charge on any atom is 0.242 e. The number of nitrogens with zero attached hydrogens (tertiary/aromatic N) is 1. The highest BCUT2D eigenvalue weighted by Crippen LogP contribution is 2.16. The van der Waals surface area contributed by atoms with Gasteiger partial charge in [-0.15, -0.1) is 0 Å². The summed E-state index contributed by atoms with van der Waals surface area (Å²) in [6.45, 7) is 10.9. The molecule has 1 atom stereocenters. The molecular formula is C21H34N2O4. The fourth-order valence-electron chi connectivity index (χ4n) is 2.56. The molecular weight excluding hydrogens is 344 g/mol. The molecule has 1 aromatic carbocycles. The van der Waals surface area contributed by atoms with Crippen molar-refractivity contribution in [1.82, 2.24) is 10.2 Å². The Morgan fingerprint density at radius 2 is 1.70 bits per heavy atom. The summed E-state index contributed by atoms with van der Waals surface area (Å²) in [6, 6.07) is 6.98. The van der Waals surface area contributed by atoms with E-state index in [9.17, 15) is 9.59 Å². The third-order valence-electron chi connectivity index (χ3n) is 4.21. The van der Waals surface area contributed by atoms with Crippen molar-refractivity contribution < 1.29 is 19.1 Å². The van der Waals surface area contributed by atoms with E-state index in [0.29, 0.717) is 19.7 Å². The first-order valence-corrected chi connectivity index (χ1v) is 9.59. The summed E-state index contributed by atoms with van der Waals surface area (Å²) in [5.41, 5.74) is 0.954. The van der Waals surface area contributed by atoms with Gasteiger partial charge >= 0.3 is 0 Å². The van der Waals surface area contributed by atoms with Crippen LogP contribution in [0.2, 0.25) is 0 Å². The summed E-state index contributed by atoms with van der Waals surface area (Å²) in [6.07, 6.45) is 0.927. The lowest BCUT2D eigenvalue weighted by atomic mass is 10.1. The molecule has 0 fully saturated rings. The van der Waals surface area contributed by atoms with Gasteiger partial charge in [0, 0.05) is 25.6 Å². The van der Waals surface area contributed by atoms with Gasteiger partial charge in [0.15, 0.2) is 0 Å². The molecule has 0 aliphatic rings. The quantitative estimate of drug-likeness (QED) is 0.601. The molecule has 2 amide bonds. The van der Waals surface area contributed by atoms with E-state index in [-0.39, 0.29) is 23.8 Å². The Hall–Kier alpha value is -2.08. The lowest BCUT2D eigenvalue weighted by Crippen LogP contribution is -2.49. The number of hydrogen-bond donors (Lipinski definition) is 1. The van der Waals surface area contributed by atoms with Crippen molar-refractivity contribution >= 4 is 11.8 Å². The molecule has 0 aromatic heterocycles. The Balaban J connectivity index is 2.70. The first-order chi connectivity index (χ1) is 12.8. The van der Waals surface area contributed by atoms with Gasteiger partial charge in [-0.25, -0.2) is 0 Å². The second kappa shape index (κ2) is 11.6. The third-order valence-corrected chi connectivity index (χ3v) is 4.21. The molecule has 1 rings (SSSR count). The smallest absolute Gasteiger partial charge is 0.242 e. The summed E-state index contributed by atoms with van der Waals surface area (Å²) in [5, 5.41) is 2.90. The molecule has 0 saturated heterocycles. The van der Waals surface area contributed by atoms with Gasteiger partial charge in [0.05, 0.1) is 13.2 Å². The van der Waals surface area contributed by atoms with Crippen molar-refractivity contribution in [3.05, 3.63) is 29.8 Å². The normalized spacial score (nSPS) is 12.1. The highest BCUT2D eigenvalue weighted by atomic mass is 16.5. The van der Waals surface area contributed by atoms with Crippen LogP contribution in [0.4, 0.5) is 0 Å². The van der Waals surface area contributed by atoms with Crippen molar-refractivity contribution in [2.24, 2.45) is 5.92 Å². The fourth-order valence-corrected chi connectivity index (χ4v) is 2.56. The molecule has 0 saturated carbocycles. The second-order valence-corrected chi connectivity index (χ2v) is 7.21. The van der Waals surface area contributed by atoms with Crippen LogP contribution >= 0.6 is 0 Å². The van der Waals surface area contributed by atoms with E-state index in [1.165, 1.54) is 0 Å². The molecule has 1 unspecified atom stereocenters. The first kappa shape index (κ1) is 23.0. The number of carbonyl (C=O) groups is 2. The van der Waals surface area contributed by atoms with Crippen LogP contribution < -0.4 is 10.1 Å². The highest BCUT2D eigenvalue weighted by molar-refractivity contribution is 5.88. The number of ether oxygens (including phenoxy) is 2. The SMILES string of the molecule is COc1ccc(CN(C(=O)C(C)C)C(C)C(=O)NCCCOC(C)C)cc1. The average molecular weight is 379 g/mol. The molecule has 0 bridgehead atoms. The Kier molecular flexibility index (Phi) is 9.86. The Labute approximate surface area is 163 Å². The van der Waals surface area contributed by atoms with Gasteiger partial charge < -0.3 is 19.7 Å². The molecule has 0 aliphatic heterocycles. The molecule has 1 N–H and O–H groups in total. The lowest BCUT2D eigenvalue weighted by molar-refractivity contribution is -0.143.